The van der Waals surface area contributed by atoms with Crippen LogP contribution in [0.4, 0.5) is 10.1 Å². The smallest absolute Gasteiger partial charge is 0.224 e. The van der Waals surface area contributed by atoms with Crippen molar-refractivity contribution in [1.82, 2.24) is 15.0 Å². The minimum absolute atomic E-state index is 0.0150. The summed E-state index contributed by atoms with van der Waals surface area (Å²) in [4.78, 5) is 14.3. The Morgan fingerprint density at radius 2 is 1.84 bits per heavy atom. The number of methoxy groups -OCH3 is 1. The highest BCUT2D eigenvalue weighted by molar-refractivity contribution is 6.30. The van der Waals surface area contributed by atoms with Gasteiger partial charge in [0.05, 0.1) is 19.3 Å². The first-order chi connectivity index (χ1) is 17.8. The zero-order valence-corrected chi connectivity index (χ0v) is 22.3. The van der Waals surface area contributed by atoms with Crippen molar-refractivity contribution in [3.63, 3.8) is 0 Å². The van der Waals surface area contributed by atoms with Gasteiger partial charge in [-0.25, -0.2) is 4.39 Å². The molecule has 194 valence electrons. The second-order valence-corrected chi connectivity index (χ2v) is 9.02. The van der Waals surface area contributed by atoms with Crippen LogP contribution in [-0.2, 0) is 11.8 Å². The molecule has 0 aliphatic rings. The normalized spacial score (nSPS) is 11.3. The fourth-order valence-corrected chi connectivity index (χ4v) is 4.13. The number of amides is 1. The van der Waals surface area contributed by atoms with Gasteiger partial charge < -0.3 is 9.64 Å². The number of aryl methyl sites for hydroxylation is 1. The molecule has 4 rings (SSSR count). The molecule has 1 aromatic heterocycles. The average molecular weight is 523 g/mol. The van der Waals surface area contributed by atoms with Gasteiger partial charge in [0.15, 0.2) is 0 Å². The van der Waals surface area contributed by atoms with Gasteiger partial charge >= 0.3 is 0 Å². The van der Waals surface area contributed by atoms with E-state index in [0.717, 1.165) is 41.8 Å². The summed E-state index contributed by atoms with van der Waals surface area (Å²) in [6.45, 7) is 3.76. The van der Waals surface area contributed by atoms with E-state index in [2.05, 4.69) is 23.3 Å². The zero-order chi connectivity index (χ0) is 26.8. The topological polar surface area (TPSA) is 60.2 Å². The molecule has 1 amide bonds. The number of nitrogens with zero attached hydrogens (tertiary/aromatic N) is 4. The Balaban J connectivity index is 0.000000244. The molecule has 4 aromatic rings. The molecule has 0 saturated carbocycles. The Labute approximate surface area is 222 Å². The number of benzene rings is 3. The van der Waals surface area contributed by atoms with Crippen LogP contribution in [0.2, 0.25) is 5.02 Å². The van der Waals surface area contributed by atoms with E-state index in [0.29, 0.717) is 10.7 Å². The summed E-state index contributed by atoms with van der Waals surface area (Å²) in [5.41, 5.74) is 3.36. The number of anilines is 1. The molecule has 0 radical (unpaired) electrons. The van der Waals surface area contributed by atoms with Crippen molar-refractivity contribution < 1.29 is 13.9 Å². The second-order valence-electron chi connectivity index (χ2n) is 8.59. The molecule has 1 atom stereocenters. The maximum absolute atomic E-state index is 12.8. The van der Waals surface area contributed by atoms with Crippen molar-refractivity contribution in [2.75, 3.05) is 12.0 Å². The van der Waals surface area contributed by atoms with Crippen molar-refractivity contribution in [1.29, 1.82) is 0 Å². The van der Waals surface area contributed by atoms with E-state index >= 15 is 0 Å². The number of rotatable bonds is 8. The van der Waals surface area contributed by atoms with Crippen molar-refractivity contribution in [3.8, 4) is 17.0 Å². The van der Waals surface area contributed by atoms with Crippen molar-refractivity contribution >= 4 is 23.2 Å². The maximum atomic E-state index is 12.8. The van der Waals surface area contributed by atoms with Crippen molar-refractivity contribution in [3.05, 3.63) is 95.4 Å². The molecule has 0 bridgehead atoms. The molecule has 8 heteroatoms. The van der Waals surface area contributed by atoms with E-state index in [1.807, 2.05) is 47.4 Å². The first-order valence-corrected chi connectivity index (χ1v) is 12.5. The predicted molar refractivity (Wildman–Crippen MR) is 146 cm³/mol. The van der Waals surface area contributed by atoms with E-state index in [4.69, 9.17) is 16.3 Å². The van der Waals surface area contributed by atoms with E-state index in [-0.39, 0.29) is 17.8 Å². The lowest BCUT2D eigenvalue weighted by molar-refractivity contribution is -0.117. The molecule has 37 heavy (non-hydrogen) atoms. The van der Waals surface area contributed by atoms with E-state index in [1.165, 1.54) is 12.1 Å². The third-order valence-corrected chi connectivity index (χ3v) is 6.04. The van der Waals surface area contributed by atoms with Crippen LogP contribution < -0.4 is 9.64 Å². The Morgan fingerprint density at radius 1 is 1.11 bits per heavy atom. The number of ether oxygens (including phenoxy) is 1. The van der Waals surface area contributed by atoms with Gasteiger partial charge in [0.25, 0.3) is 0 Å². The summed E-state index contributed by atoms with van der Waals surface area (Å²) >= 11 is 6.00. The van der Waals surface area contributed by atoms with Crippen LogP contribution in [0, 0.1) is 5.82 Å². The summed E-state index contributed by atoms with van der Waals surface area (Å²) in [6.07, 6.45) is 4.76. The van der Waals surface area contributed by atoms with Crippen LogP contribution in [0.3, 0.4) is 0 Å². The monoisotopic (exact) mass is 522 g/mol. The molecular weight excluding hydrogens is 491 g/mol. The van der Waals surface area contributed by atoms with E-state index in [1.54, 1.807) is 44.1 Å². The molecule has 0 N–H and O–H groups in total. The van der Waals surface area contributed by atoms with Gasteiger partial charge in [-0.2, -0.15) is 0 Å². The summed E-state index contributed by atoms with van der Waals surface area (Å²) in [5, 5.41) is 8.30. The third-order valence-electron chi connectivity index (χ3n) is 5.79. The molecular formula is C29H32ClFN4O2. The molecule has 0 fully saturated rings. The van der Waals surface area contributed by atoms with Crippen LogP contribution in [0.15, 0.2) is 79.0 Å². The number of halogens is 2. The van der Waals surface area contributed by atoms with Gasteiger partial charge in [0.1, 0.15) is 17.3 Å². The van der Waals surface area contributed by atoms with Gasteiger partial charge in [-0.15, -0.1) is 5.10 Å². The molecule has 0 spiro atoms. The SMILES string of the molecule is CCCC[C@H](c1cccc(OC)c1)N(C(C)=O)c1ccc(Cl)cc1.Cn1cc(-c2cccc(F)c2)nn1. The van der Waals surface area contributed by atoms with Crippen LogP contribution in [-0.4, -0.2) is 28.0 Å². The second kappa shape index (κ2) is 13.6. The lowest BCUT2D eigenvalue weighted by Crippen LogP contribution is -2.33. The van der Waals surface area contributed by atoms with Gasteiger partial charge in [-0.05, 0) is 60.5 Å². The van der Waals surface area contributed by atoms with Crippen LogP contribution in [0.1, 0.15) is 44.7 Å². The largest absolute Gasteiger partial charge is 0.497 e. The van der Waals surface area contributed by atoms with Gasteiger partial charge in [0, 0.05) is 30.2 Å². The number of hydrogen-bond donors (Lipinski definition) is 0. The molecule has 0 saturated heterocycles. The lowest BCUT2D eigenvalue weighted by Gasteiger charge is -2.32. The van der Waals surface area contributed by atoms with Gasteiger partial charge in [0.2, 0.25) is 5.91 Å². The number of hydrogen-bond acceptors (Lipinski definition) is 4. The minimum Gasteiger partial charge on any atom is -0.497 e. The molecule has 0 unspecified atom stereocenters. The molecule has 0 aliphatic carbocycles. The highest BCUT2D eigenvalue weighted by Gasteiger charge is 2.24. The fourth-order valence-electron chi connectivity index (χ4n) is 4.00. The first kappa shape index (κ1) is 27.9. The number of aromatic nitrogens is 3. The van der Waals surface area contributed by atoms with Crippen LogP contribution in [0.25, 0.3) is 11.3 Å². The van der Waals surface area contributed by atoms with Crippen LogP contribution in [0.5, 0.6) is 5.75 Å². The Bertz CT molecular complexity index is 1290. The molecule has 1 heterocycles. The Hall–Kier alpha value is -3.71. The first-order valence-electron chi connectivity index (χ1n) is 12.1. The predicted octanol–water partition coefficient (Wildman–Crippen LogP) is 7.25. The van der Waals surface area contributed by atoms with Crippen molar-refractivity contribution in [2.24, 2.45) is 7.05 Å². The Morgan fingerprint density at radius 3 is 2.43 bits per heavy atom. The quantitative estimate of drug-likeness (QED) is 0.244. The van der Waals surface area contributed by atoms with E-state index < -0.39 is 0 Å². The summed E-state index contributed by atoms with van der Waals surface area (Å²) < 4.78 is 19.7. The fraction of sp³-hybridized carbons (Fsp3) is 0.276. The third kappa shape index (κ3) is 7.89. The number of carbonyl (C=O) groups is 1. The molecule has 0 aliphatic heterocycles. The Kier molecular flexibility index (Phi) is 10.2. The van der Waals surface area contributed by atoms with E-state index in [9.17, 15) is 9.18 Å². The maximum Gasteiger partial charge on any atom is 0.224 e. The zero-order valence-electron chi connectivity index (χ0n) is 21.6. The highest BCUT2D eigenvalue weighted by atomic mass is 35.5. The summed E-state index contributed by atoms with van der Waals surface area (Å²) in [5.74, 6) is 0.554. The lowest BCUT2D eigenvalue weighted by atomic mass is 9.98. The highest BCUT2D eigenvalue weighted by Crippen LogP contribution is 2.33. The van der Waals surface area contributed by atoms with Gasteiger partial charge in [-0.1, -0.05) is 60.8 Å². The minimum atomic E-state index is -0.261. The molecule has 3 aromatic carbocycles. The standard InChI is InChI=1S/C20H24ClNO2.C9H8FN3/c1-4-5-9-20(16-7-6-8-19(14-16)24-3)22(15(2)23)18-12-10-17(21)11-13-18;1-13-6-9(11-12-13)7-3-2-4-8(10)5-7/h6-8,10-14,20H,4-5,9H2,1-3H3;2-6H,1H3/t20-;/m1./s1. The number of unbranched alkanes of at least 4 members (excludes halogenated alkanes) is 1. The summed E-state index contributed by atoms with van der Waals surface area (Å²) in [6, 6.07) is 21.6. The number of carbonyl (C=O) groups excluding carboxylic acids is 1. The summed E-state index contributed by atoms with van der Waals surface area (Å²) in [7, 11) is 3.43. The average Bonchev–Trinajstić information content (AvgIpc) is 3.34. The molecule has 6 nitrogen and oxygen atoms in total. The van der Waals surface area contributed by atoms with Crippen molar-refractivity contribution in [2.45, 2.75) is 39.2 Å². The van der Waals surface area contributed by atoms with Crippen LogP contribution >= 0.6 is 11.6 Å². The van der Waals surface area contributed by atoms with Gasteiger partial charge in [-0.3, -0.25) is 9.48 Å².